The number of rotatable bonds is 3. The zero-order chi connectivity index (χ0) is 7.28. The first kappa shape index (κ1) is 8.60. The Balaban J connectivity index is 3.75. The third-order valence-electron chi connectivity index (χ3n) is 1.11. The predicted molar refractivity (Wildman–Crippen MR) is 43.6 cm³/mol. The molecule has 0 saturated heterocycles. The van der Waals surface area contributed by atoms with E-state index in [9.17, 15) is 0 Å². The normalized spacial score (nSPS) is 11.9. The minimum absolute atomic E-state index is 0.628. The van der Waals surface area contributed by atoms with Gasteiger partial charge in [-0.3, -0.25) is 0 Å². The fourth-order valence-electron chi connectivity index (χ4n) is 0.683. The molecular weight excluding hydrogens is 109 g/mol. The molecule has 0 aliphatic heterocycles. The van der Waals surface area contributed by atoms with Gasteiger partial charge in [-0.05, 0) is 11.5 Å². The Morgan fingerprint density at radius 3 is 2.22 bits per heavy atom. The molecule has 0 spiro atoms. The van der Waals surface area contributed by atoms with Gasteiger partial charge in [0.05, 0.1) is 0 Å². The van der Waals surface area contributed by atoms with E-state index in [-0.39, 0.29) is 0 Å². The first-order valence-corrected chi connectivity index (χ1v) is 3.39. The molecular formula is C7H15BN. The molecule has 0 aromatic carbocycles. The maximum Gasteiger partial charge on any atom is 0.170 e. The predicted octanol–water partition coefficient (Wildman–Crippen LogP) is 1.46. The molecule has 51 valence electrons. The van der Waals surface area contributed by atoms with Crippen LogP contribution in [0.3, 0.4) is 0 Å². The van der Waals surface area contributed by atoms with E-state index < -0.39 is 0 Å². The summed E-state index contributed by atoms with van der Waals surface area (Å²) in [7, 11) is 4.01. The number of allylic oxidation sites excluding steroid dienone is 1. The van der Waals surface area contributed by atoms with Crippen molar-refractivity contribution < 1.29 is 0 Å². The van der Waals surface area contributed by atoms with Crippen LogP contribution in [0.1, 0.15) is 13.8 Å². The van der Waals surface area contributed by atoms with Crippen molar-refractivity contribution in [3.63, 3.8) is 0 Å². The fourth-order valence-corrected chi connectivity index (χ4v) is 0.683. The first-order valence-electron chi connectivity index (χ1n) is 3.39. The van der Waals surface area contributed by atoms with Crippen LogP contribution in [0.5, 0.6) is 0 Å². The third kappa shape index (κ3) is 4.13. The van der Waals surface area contributed by atoms with E-state index in [0.29, 0.717) is 5.92 Å². The Bertz CT molecular complexity index is 91.1. The number of nitrogens with one attached hydrogen (secondary N) is 1. The second-order valence-electron chi connectivity index (χ2n) is 2.40. The summed E-state index contributed by atoms with van der Waals surface area (Å²) in [5, 5.41) is 3.09. The van der Waals surface area contributed by atoms with E-state index in [2.05, 4.69) is 32.5 Å². The molecule has 0 aliphatic carbocycles. The van der Waals surface area contributed by atoms with Gasteiger partial charge in [-0.25, -0.2) is 0 Å². The largest absolute Gasteiger partial charge is 0.400 e. The van der Waals surface area contributed by atoms with E-state index in [1.165, 1.54) is 5.60 Å². The zero-order valence-corrected chi connectivity index (χ0v) is 6.73. The maximum absolute atomic E-state index is 3.09. The van der Waals surface area contributed by atoms with Gasteiger partial charge in [0.2, 0.25) is 0 Å². The average Bonchev–Trinajstić information content (AvgIpc) is 1.82. The van der Waals surface area contributed by atoms with E-state index in [1.54, 1.807) is 0 Å². The van der Waals surface area contributed by atoms with Gasteiger partial charge in [0.25, 0.3) is 0 Å². The summed E-state index contributed by atoms with van der Waals surface area (Å²) in [6, 6.07) is 0. The molecule has 1 radical (unpaired) electrons. The molecule has 0 heterocycles. The lowest BCUT2D eigenvalue weighted by atomic mass is 9.76. The van der Waals surface area contributed by atoms with Crippen molar-refractivity contribution in [2.75, 3.05) is 7.05 Å². The standard InChI is InChI=1S/C7H15BN/c1-6(2)5-7(8-3)9-4/h5-6,9H,1-4H3/b7-5+. The lowest BCUT2D eigenvalue weighted by molar-refractivity contribution is 0.816. The van der Waals surface area contributed by atoms with Crippen molar-refractivity contribution in [2.45, 2.75) is 20.7 Å². The highest BCUT2D eigenvalue weighted by Crippen LogP contribution is 1.96. The molecule has 0 aromatic heterocycles. The molecule has 0 amide bonds. The van der Waals surface area contributed by atoms with Crippen molar-refractivity contribution in [3.8, 4) is 0 Å². The van der Waals surface area contributed by atoms with Gasteiger partial charge < -0.3 is 5.32 Å². The Kier molecular flexibility index (Phi) is 4.28. The Morgan fingerprint density at radius 2 is 2.11 bits per heavy atom. The van der Waals surface area contributed by atoms with Crippen LogP contribution in [0.4, 0.5) is 0 Å². The fraction of sp³-hybridized carbons (Fsp3) is 0.714. The summed E-state index contributed by atoms with van der Waals surface area (Å²) >= 11 is 0. The number of hydrogen-bond donors (Lipinski definition) is 1. The Morgan fingerprint density at radius 1 is 1.56 bits per heavy atom. The van der Waals surface area contributed by atoms with Crippen molar-refractivity contribution >= 4 is 7.28 Å². The molecule has 0 bridgehead atoms. The van der Waals surface area contributed by atoms with Crippen LogP contribution >= 0.6 is 0 Å². The van der Waals surface area contributed by atoms with Gasteiger partial charge >= 0.3 is 0 Å². The second kappa shape index (κ2) is 4.48. The van der Waals surface area contributed by atoms with E-state index in [4.69, 9.17) is 0 Å². The zero-order valence-electron chi connectivity index (χ0n) is 6.73. The molecule has 0 unspecified atom stereocenters. The van der Waals surface area contributed by atoms with Crippen LogP contribution in [-0.2, 0) is 0 Å². The van der Waals surface area contributed by atoms with E-state index in [1.807, 2.05) is 13.9 Å². The monoisotopic (exact) mass is 124 g/mol. The van der Waals surface area contributed by atoms with Crippen LogP contribution in [0.2, 0.25) is 6.82 Å². The van der Waals surface area contributed by atoms with Gasteiger partial charge in [-0.1, -0.05) is 26.7 Å². The van der Waals surface area contributed by atoms with Gasteiger partial charge in [0, 0.05) is 7.05 Å². The topological polar surface area (TPSA) is 12.0 Å². The van der Waals surface area contributed by atoms with Crippen LogP contribution in [-0.4, -0.2) is 14.3 Å². The third-order valence-corrected chi connectivity index (χ3v) is 1.11. The quantitative estimate of drug-likeness (QED) is 0.561. The van der Waals surface area contributed by atoms with E-state index in [0.717, 1.165) is 0 Å². The van der Waals surface area contributed by atoms with Crippen molar-refractivity contribution in [3.05, 3.63) is 11.7 Å². The smallest absolute Gasteiger partial charge is 0.170 e. The van der Waals surface area contributed by atoms with Gasteiger partial charge in [0.15, 0.2) is 7.28 Å². The molecule has 1 nitrogen and oxygen atoms in total. The molecule has 0 saturated carbocycles. The lowest BCUT2D eigenvalue weighted by Crippen LogP contribution is -2.11. The van der Waals surface area contributed by atoms with Crippen LogP contribution < -0.4 is 5.32 Å². The molecule has 9 heavy (non-hydrogen) atoms. The molecule has 0 fully saturated rings. The van der Waals surface area contributed by atoms with Crippen molar-refractivity contribution in [1.82, 2.24) is 5.32 Å². The van der Waals surface area contributed by atoms with E-state index >= 15 is 0 Å². The first-order chi connectivity index (χ1) is 4.20. The molecule has 0 atom stereocenters. The Labute approximate surface area is 58.8 Å². The van der Waals surface area contributed by atoms with Gasteiger partial charge in [-0.15, -0.1) is 0 Å². The highest BCUT2D eigenvalue weighted by Gasteiger charge is 1.91. The molecule has 1 N–H and O–H groups in total. The summed E-state index contributed by atoms with van der Waals surface area (Å²) in [6.45, 7) is 6.37. The lowest BCUT2D eigenvalue weighted by Gasteiger charge is -2.03. The summed E-state index contributed by atoms with van der Waals surface area (Å²) in [4.78, 5) is 0. The highest BCUT2D eigenvalue weighted by atomic mass is 14.8. The summed E-state index contributed by atoms with van der Waals surface area (Å²) in [5.74, 6) is 0.628. The summed E-state index contributed by atoms with van der Waals surface area (Å²) in [5.41, 5.74) is 1.21. The molecule has 2 heteroatoms. The average molecular weight is 124 g/mol. The second-order valence-corrected chi connectivity index (χ2v) is 2.40. The number of hydrogen-bond acceptors (Lipinski definition) is 1. The van der Waals surface area contributed by atoms with Crippen LogP contribution in [0, 0.1) is 5.92 Å². The Hall–Kier alpha value is -0.395. The van der Waals surface area contributed by atoms with Crippen molar-refractivity contribution in [2.24, 2.45) is 5.92 Å². The molecule has 0 aromatic rings. The van der Waals surface area contributed by atoms with Gasteiger partial charge in [0.1, 0.15) is 0 Å². The summed E-state index contributed by atoms with van der Waals surface area (Å²) < 4.78 is 0. The minimum atomic E-state index is 0.628. The van der Waals surface area contributed by atoms with Crippen LogP contribution in [0.15, 0.2) is 11.7 Å². The highest BCUT2D eigenvalue weighted by molar-refractivity contribution is 6.43. The van der Waals surface area contributed by atoms with Crippen molar-refractivity contribution in [1.29, 1.82) is 0 Å². The minimum Gasteiger partial charge on any atom is -0.400 e. The van der Waals surface area contributed by atoms with Gasteiger partial charge in [-0.2, -0.15) is 0 Å². The molecule has 0 rings (SSSR count). The SMILES string of the molecule is C[B]/C(=C\C(C)C)NC. The van der Waals surface area contributed by atoms with Crippen LogP contribution in [0.25, 0.3) is 0 Å². The summed E-state index contributed by atoms with van der Waals surface area (Å²) in [6.07, 6.45) is 2.19. The molecule has 0 aliphatic rings. The maximum atomic E-state index is 3.09.